The first-order valence-electron chi connectivity index (χ1n) is 6.19. The first kappa shape index (κ1) is 13.7. The van der Waals surface area contributed by atoms with E-state index in [1.54, 1.807) is 4.68 Å². The van der Waals surface area contributed by atoms with Crippen LogP contribution in [0.5, 0.6) is 0 Å². The Kier molecular flexibility index (Phi) is 3.95. The van der Waals surface area contributed by atoms with Crippen LogP contribution in [0.25, 0.3) is 0 Å². The molecular weight excluding hydrogens is 248 g/mol. The van der Waals surface area contributed by atoms with Crippen molar-refractivity contribution in [3.8, 4) is 0 Å². The van der Waals surface area contributed by atoms with Crippen molar-refractivity contribution in [3.63, 3.8) is 0 Å². The zero-order valence-corrected chi connectivity index (χ0v) is 11.1. The Bertz CT molecular complexity index is 570. The number of benzene rings is 1. The molecular formula is C14H17F2N3. The summed E-state index contributed by atoms with van der Waals surface area (Å²) in [6.07, 6.45) is 0.759. The summed E-state index contributed by atoms with van der Waals surface area (Å²) in [5.74, 6) is -1.14. The molecule has 102 valence electrons. The monoisotopic (exact) mass is 265 g/mol. The van der Waals surface area contributed by atoms with Crippen LogP contribution < -0.4 is 5.73 Å². The van der Waals surface area contributed by atoms with Crippen LogP contribution in [0, 0.1) is 25.5 Å². The fourth-order valence-electron chi connectivity index (χ4n) is 2.27. The second-order valence-electron chi connectivity index (χ2n) is 4.62. The zero-order chi connectivity index (χ0) is 14.0. The molecule has 3 nitrogen and oxygen atoms in total. The number of hydrogen-bond acceptors (Lipinski definition) is 2. The Morgan fingerprint density at radius 3 is 2.37 bits per heavy atom. The lowest BCUT2D eigenvalue weighted by Gasteiger charge is -2.06. The van der Waals surface area contributed by atoms with Crippen molar-refractivity contribution in [3.05, 3.63) is 52.3 Å². The predicted molar refractivity (Wildman–Crippen MR) is 69.9 cm³/mol. The van der Waals surface area contributed by atoms with Gasteiger partial charge in [0.05, 0.1) is 12.2 Å². The first-order valence-corrected chi connectivity index (χ1v) is 6.19. The summed E-state index contributed by atoms with van der Waals surface area (Å²) in [6, 6.07) is 3.51. The topological polar surface area (TPSA) is 43.8 Å². The van der Waals surface area contributed by atoms with Gasteiger partial charge < -0.3 is 5.73 Å². The quantitative estimate of drug-likeness (QED) is 0.922. The molecule has 2 rings (SSSR count). The minimum atomic E-state index is -0.571. The van der Waals surface area contributed by atoms with Gasteiger partial charge in [-0.15, -0.1) is 0 Å². The van der Waals surface area contributed by atoms with Crippen molar-refractivity contribution in [1.82, 2.24) is 9.78 Å². The van der Waals surface area contributed by atoms with Gasteiger partial charge in [-0.2, -0.15) is 5.10 Å². The fraction of sp³-hybridized carbons (Fsp3) is 0.357. The summed E-state index contributed by atoms with van der Waals surface area (Å²) in [5, 5.41) is 4.40. The van der Waals surface area contributed by atoms with Gasteiger partial charge in [0, 0.05) is 11.8 Å². The van der Waals surface area contributed by atoms with E-state index in [9.17, 15) is 8.78 Å². The lowest BCUT2D eigenvalue weighted by molar-refractivity contribution is 0.572. The maximum atomic E-state index is 13.2. The molecule has 0 aliphatic heterocycles. The predicted octanol–water partition coefficient (Wildman–Crippen LogP) is 2.33. The van der Waals surface area contributed by atoms with E-state index in [1.807, 2.05) is 13.8 Å². The van der Waals surface area contributed by atoms with Gasteiger partial charge in [-0.3, -0.25) is 4.68 Å². The van der Waals surface area contributed by atoms with Crippen LogP contribution in [0.15, 0.2) is 18.2 Å². The normalized spacial score (nSPS) is 11.0. The van der Waals surface area contributed by atoms with Crippen LogP contribution in [-0.2, 0) is 13.0 Å². The SMILES string of the molecule is Cc1nn(Cc2cc(F)cc(F)c2)c(C)c1CCN. The average Bonchev–Trinajstić information content (AvgIpc) is 2.56. The highest BCUT2D eigenvalue weighted by Crippen LogP contribution is 2.16. The number of rotatable bonds is 4. The van der Waals surface area contributed by atoms with Crippen LogP contribution in [0.3, 0.4) is 0 Å². The molecule has 0 saturated carbocycles. The molecule has 2 aromatic rings. The van der Waals surface area contributed by atoms with Crippen LogP contribution in [-0.4, -0.2) is 16.3 Å². The molecule has 0 unspecified atom stereocenters. The van der Waals surface area contributed by atoms with E-state index < -0.39 is 11.6 Å². The highest BCUT2D eigenvalue weighted by Gasteiger charge is 2.11. The number of aryl methyl sites for hydroxylation is 1. The lowest BCUT2D eigenvalue weighted by Crippen LogP contribution is -2.07. The third-order valence-corrected chi connectivity index (χ3v) is 3.18. The largest absolute Gasteiger partial charge is 0.330 e. The molecule has 1 aromatic carbocycles. The molecule has 0 aliphatic carbocycles. The van der Waals surface area contributed by atoms with Crippen LogP contribution >= 0.6 is 0 Å². The van der Waals surface area contributed by atoms with Gasteiger partial charge in [-0.25, -0.2) is 8.78 Å². The molecule has 0 spiro atoms. The van der Waals surface area contributed by atoms with E-state index in [2.05, 4.69) is 5.10 Å². The smallest absolute Gasteiger partial charge is 0.126 e. The Balaban J connectivity index is 2.30. The molecule has 2 N–H and O–H groups in total. The standard InChI is InChI=1S/C14H17F2N3/c1-9-14(3-4-17)10(2)19(18-9)8-11-5-12(15)7-13(16)6-11/h5-7H,3-4,8,17H2,1-2H3. The highest BCUT2D eigenvalue weighted by atomic mass is 19.1. The molecule has 0 amide bonds. The van der Waals surface area contributed by atoms with E-state index in [4.69, 9.17) is 5.73 Å². The van der Waals surface area contributed by atoms with Crippen molar-refractivity contribution >= 4 is 0 Å². The average molecular weight is 265 g/mol. The summed E-state index contributed by atoms with van der Waals surface area (Å²) in [4.78, 5) is 0. The van der Waals surface area contributed by atoms with Gasteiger partial charge in [0.15, 0.2) is 0 Å². The van der Waals surface area contributed by atoms with Crippen molar-refractivity contribution in [2.45, 2.75) is 26.8 Å². The minimum absolute atomic E-state index is 0.353. The van der Waals surface area contributed by atoms with Crippen molar-refractivity contribution in [2.24, 2.45) is 5.73 Å². The molecule has 0 bridgehead atoms. The highest BCUT2D eigenvalue weighted by molar-refractivity contribution is 5.26. The van der Waals surface area contributed by atoms with Gasteiger partial charge in [-0.1, -0.05) is 0 Å². The molecule has 1 heterocycles. The van der Waals surface area contributed by atoms with Gasteiger partial charge in [-0.05, 0) is 50.1 Å². The molecule has 1 aromatic heterocycles. The number of halogens is 2. The Hall–Kier alpha value is -1.75. The fourth-order valence-corrected chi connectivity index (χ4v) is 2.27. The van der Waals surface area contributed by atoms with E-state index in [-0.39, 0.29) is 0 Å². The Morgan fingerprint density at radius 1 is 1.16 bits per heavy atom. The third-order valence-electron chi connectivity index (χ3n) is 3.18. The van der Waals surface area contributed by atoms with Crippen molar-refractivity contribution < 1.29 is 8.78 Å². The van der Waals surface area contributed by atoms with Crippen LogP contribution in [0.1, 0.15) is 22.5 Å². The molecule has 5 heteroatoms. The van der Waals surface area contributed by atoms with E-state index in [1.165, 1.54) is 12.1 Å². The Labute approximate surface area is 111 Å². The van der Waals surface area contributed by atoms with Crippen LogP contribution in [0.4, 0.5) is 8.78 Å². The van der Waals surface area contributed by atoms with Gasteiger partial charge in [0.2, 0.25) is 0 Å². The number of hydrogen-bond donors (Lipinski definition) is 1. The Morgan fingerprint density at radius 2 is 1.79 bits per heavy atom. The van der Waals surface area contributed by atoms with E-state index >= 15 is 0 Å². The minimum Gasteiger partial charge on any atom is -0.330 e. The second kappa shape index (κ2) is 5.48. The summed E-state index contributed by atoms with van der Waals surface area (Å²) < 4.78 is 28.1. The zero-order valence-electron chi connectivity index (χ0n) is 11.1. The van der Waals surface area contributed by atoms with Crippen molar-refractivity contribution in [1.29, 1.82) is 0 Å². The molecule has 0 aliphatic rings. The molecule has 19 heavy (non-hydrogen) atoms. The van der Waals surface area contributed by atoms with Gasteiger partial charge >= 0.3 is 0 Å². The summed E-state index contributed by atoms with van der Waals surface area (Å²) in [6.45, 7) is 4.77. The summed E-state index contributed by atoms with van der Waals surface area (Å²) in [7, 11) is 0. The molecule has 0 radical (unpaired) electrons. The van der Waals surface area contributed by atoms with Gasteiger partial charge in [0.25, 0.3) is 0 Å². The summed E-state index contributed by atoms with van der Waals surface area (Å²) >= 11 is 0. The summed E-state index contributed by atoms with van der Waals surface area (Å²) in [5.41, 5.74) is 9.14. The maximum absolute atomic E-state index is 13.2. The second-order valence-corrected chi connectivity index (χ2v) is 4.62. The molecule has 0 fully saturated rings. The maximum Gasteiger partial charge on any atom is 0.126 e. The van der Waals surface area contributed by atoms with E-state index in [0.29, 0.717) is 18.7 Å². The molecule has 0 saturated heterocycles. The third kappa shape index (κ3) is 2.98. The number of aromatic nitrogens is 2. The molecule has 0 atom stereocenters. The van der Waals surface area contributed by atoms with Gasteiger partial charge in [0.1, 0.15) is 11.6 Å². The first-order chi connectivity index (χ1) is 9.01. The van der Waals surface area contributed by atoms with E-state index in [0.717, 1.165) is 29.4 Å². The number of nitrogens with zero attached hydrogens (tertiary/aromatic N) is 2. The van der Waals surface area contributed by atoms with Crippen molar-refractivity contribution in [2.75, 3.05) is 6.54 Å². The van der Waals surface area contributed by atoms with Crippen LogP contribution in [0.2, 0.25) is 0 Å². The number of nitrogens with two attached hydrogens (primary N) is 1. The lowest BCUT2D eigenvalue weighted by atomic mass is 10.1.